The van der Waals surface area contributed by atoms with Gasteiger partial charge in [0.2, 0.25) is 0 Å². The summed E-state index contributed by atoms with van der Waals surface area (Å²) in [5.41, 5.74) is 2.76. The van der Waals surface area contributed by atoms with Crippen LogP contribution in [0.4, 0.5) is 0 Å². The minimum atomic E-state index is -0.570. The Labute approximate surface area is 107 Å². The van der Waals surface area contributed by atoms with Crippen molar-refractivity contribution >= 4 is 11.2 Å². The zero-order chi connectivity index (χ0) is 12.3. The van der Waals surface area contributed by atoms with Gasteiger partial charge in [-0.1, -0.05) is 49.3 Å². The lowest BCUT2D eigenvalue weighted by atomic mass is 10.0. The largest absolute Gasteiger partial charge is 0.616 e. The highest BCUT2D eigenvalue weighted by Crippen LogP contribution is 2.16. The second-order valence-electron chi connectivity index (χ2n) is 5.02. The van der Waals surface area contributed by atoms with Crippen LogP contribution in [0.15, 0.2) is 24.3 Å². The number of rotatable bonds is 3. The summed E-state index contributed by atoms with van der Waals surface area (Å²) >= 11 is -0.570. The van der Waals surface area contributed by atoms with E-state index in [0.29, 0.717) is 5.92 Å². The summed E-state index contributed by atoms with van der Waals surface area (Å²) in [5.74, 6) is 2.27. The molecular weight excluding hydrogens is 230 g/mol. The van der Waals surface area contributed by atoms with Crippen molar-refractivity contribution in [1.82, 2.24) is 4.90 Å². The maximum Gasteiger partial charge on any atom is 0.118 e. The Morgan fingerprint density at radius 3 is 2.29 bits per heavy atom. The van der Waals surface area contributed by atoms with Gasteiger partial charge in [0.15, 0.2) is 0 Å². The van der Waals surface area contributed by atoms with Crippen molar-refractivity contribution in [3.05, 3.63) is 35.4 Å². The Balaban J connectivity index is 1.90. The fraction of sp³-hybridized carbons (Fsp3) is 0.571. The molecule has 0 aromatic heterocycles. The van der Waals surface area contributed by atoms with Gasteiger partial charge in [-0.15, -0.1) is 0 Å². The Bertz CT molecular complexity index is 342. The molecule has 0 N–H and O–H groups in total. The van der Waals surface area contributed by atoms with Gasteiger partial charge >= 0.3 is 0 Å². The van der Waals surface area contributed by atoms with Crippen LogP contribution < -0.4 is 0 Å². The summed E-state index contributed by atoms with van der Waals surface area (Å²) in [6, 6.07) is 8.89. The van der Waals surface area contributed by atoms with Crippen molar-refractivity contribution in [2.45, 2.75) is 26.3 Å². The molecule has 1 saturated heterocycles. The van der Waals surface area contributed by atoms with Crippen LogP contribution in [-0.4, -0.2) is 34.0 Å². The molecule has 0 amide bonds. The molecule has 1 aliphatic heterocycles. The van der Waals surface area contributed by atoms with Crippen molar-refractivity contribution < 1.29 is 4.55 Å². The van der Waals surface area contributed by atoms with Gasteiger partial charge in [-0.05, 0) is 17.0 Å². The van der Waals surface area contributed by atoms with E-state index >= 15 is 0 Å². The van der Waals surface area contributed by atoms with Crippen LogP contribution in [0.5, 0.6) is 0 Å². The molecule has 2 rings (SSSR count). The Kier molecular flexibility index (Phi) is 4.48. The van der Waals surface area contributed by atoms with Gasteiger partial charge in [0.25, 0.3) is 0 Å². The van der Waals surface area contributed by atoms with Crippen LogP contribution in [0, 0.1) is 0 Å². The maximum absolute atomic E-state index is 11.3. The predicted molar refractivity (Wildman–Crippen MR) is 73.7 cm³/mol. The SMILES string of the molecule is CC(C)c1ccc(CN2CC[S+]([O-])CC2)cc1. The normalized spacial score (nSPS) is 18.8. The monoisotopic (exact) mass is 251 g/mol. The molecule has 1 aromatic rings. The van der Waals surface area contributed by atoms with E-state index in [2.05, 4.69) is 43.0 Å². The zero-order valence-electron chi connectivity index (χ0n) is 10.7. The summed E-state index contributed by atoms with van der Waals surface area (Å²) < 4.78 is 11.3. The van der Waals surface area contributed by atoms with Gasteiger partial charge in [-0.3, -0.25) is 4.90 Å². The average Bonchev–Trinajstić information content (AvgIpc) is 2.33. The minimum Gasteiger partial charge on any atom is -0.616 e. The van der Waals surface area contributed by atoms with E-state index < -0.39 is 11.2 Å². The first kappa shape index (κ1) is 12.9. The quantitative estimate of drug-likeness (QED) is 0.771. The number of nitrogens with zero attached hydrogens (tertiary/aromatic N) is 1. The van der Waals surface area contributed by atoms with Crippen molar-refractivity contribution in [3.8, 4) is 0 Å². The van der Waals surface area contributed by atoms with Crippen LogP contribution in [0.2, 0.25) is 0 Å². The molecule has 1 aromatic carbocycles. The number of hydrogen-bond donors (Lipinski definition) is 0. The summed E-state index contributed by atoms with van der Waals surface area (Å²) in [6.45, 7) is 7.37. The average molecular weight is 251 g/mol. The molecule has 3 heteroatoms. The van der Waals surface area contributed by atoms with Gasteiger partial charge in [0, 0.05) is 19.6 Å². The maximum atomic E-state index is 11.3. The lowest BCUT2D eigenvalue weighted by Crippen LogP contribution is -2.39. The van der Waals surface area contributed by atoms with Gasteiger partial charge < -0.3 is 4.55 Å². The Hall–Kier alpha value is -0.510. The van der Waals surface area contributed by atoms with Crippen LogP contribution in [0.1, 0.15) is 30.9 Å². The molecule has 1 aliphatic rings. The van der Waals surface area contributed by atoms with E-state index in [9.17, 15) is 4.55 Å². The Morgan fingerprint density at radius 1 is 1.18 bits per heavy atom. The Morgan fingerprint density at radius 2 is 1.76 bits per heavy atom. The summed E-state index contributed by atoms with van der Waals surface area (Å²) in [5, 5.41) is 0. The summed E-state index contributed by atoms with van der Waals surface area (Å²) in [4.78, 5) is 2.39. The third-order valence-corrected chi connectivity index (χ3v) is 4.60. The van der Waals surface area contributed by atoms with E-state index in [-0.39, 0.29) is 0 Å². The van der Waals surface area contributed by atoms with E-state index in [4.69, 9.17) is 0 Å². The predicted octanol–water partition coefficient (Wildman–Crippen LogP) is 2.37. The molecule has 94 valence electrons. The molecule has 0 spiro atoms. The van der Waals surface area contributed by atoms with Gasteiger partial charge in [0.05, 0.1) is 0 Å². The molecule has 1 fully saturated rings. The third kappa shape index (κ3) is 3.73. The molecule has 0 aliphatic carbocycles. The minimum absolute atomic E-state index is 0.570. The van der Waals surface area contributed by atoms with E-state index in [1.807, 2.05) is 0 Å². The van der Waals surface area contributed by atoms with E-state index in [1.54, 1.807) is 0 Å². The first-order valence-electron chi connectivity index (χ1n) is 6.31. The summed E-state index contributed by atoms with van der Waals surface area (Å²) in [6.07, 6.45) is 0. The lowest BCUT2D eigenvalue weighted by molar-refractivity contribution is 0.287. The van der Waals surface area contributed by atoms with Crippen LogP contribution >= 0.6 is 0 Å². The highest BCUT2D eigenvalue weighted by atomic mass is 32.2. The van der Waals surface area contributed by atoms with Gasteiger partial charge in [0.1, 0.15) is 11.5 Å². The molecule has 2 nitrogen and oxygen atoms in total. The standard InChI is InChI=1S/C14H21NOS/c1-12(2)14-5-3-13(4-6-14)11-15-7-9-17(16)10-8-15/h3-6,12H,7-11H2,1-2H3. The smallest absolute Gasteiger partial charge is 0.118 e. The first-order chi connectivity index (χ1) is 8.15. The molecule has 1 heterocycles. The van der Waals surface area contributed by atoms with Crippen LogP contribution in [-0.2, 0) is 17.7 Å². The molecule has 0 unspecified atom stereocenters. The first-order valence-corrected chi connectivity index (χ1v) is 7.80. The molecule has 0 atom stereocenters. The van der Waals surface area contributed by atoms with Crippen molar-refractivity contribution in [1.29, 1.82) is 0 Å². The van der Waals surface area contributed by atoms with Crippen molar-refractivity contribution in [2.75, 3.05) is 24.6 Å². The number of hydrogen-bond acceptors (Lipinski definition) is 2. The van der Waals surface area contributed by atoms with Crippen LogP contribution in [0.3, 0.4) is 0 Å². The lowest BCUT2D eigenvalue weighted by Gasteiger charge is -2.28. The highest BCUT2D eigenvalue weighted by molar-refractivity contribution is 7.91. The second kappa shape index (κ2) is 5.89. The molecule has 0 radical (unpaired) electrons. The van der Waals surface area contributed by atoms with Gasteiger partial charge in [-0.25, -0.2) is 0 Å². The van der Waals surface area contributed by atoms with Gasteiger partial charge in [-0.2, -0.15) is 0 Å². The molecule has 17 heavy (non-hydrogen) atoms. The zero-order valence-corrected chi connectivity index (χ0v) is 11.5. The summed E-state index contributed by atoms with van der Waals surface area (Å²) in [7, 11) is 0. The molecular formula is C14H21NOS. The van der Waals surface area contributed by atoms with Crippen LogP contribution in [0.25, 0.3) is 0 Å². The highest BCUT2D eigenvalue weighted by Gasteiger charge is 2.18. The van der Waals surface area contributed by atoms with Crippen molar-refractivity contribution in [2.24, 2.45) is 0 Å². The van der Waals surface area contributed by atoms with Crippen molar-refractivity contribution in [3.63, 3.8) is 0 Å². The number of benzene rings is 1. The van der Waals surface area contributed by atoms with E-state index in [0.717, 1.165) is 31.1 Å². The molecule has 0 bridgehead atoms. The van der Waals surface area contributed by atoms with E-state index in [1.165, 1.54) is 11.1 Å². The fourth-order valence-corrected chi connectivity index (χ4v) is 3.23. The fourth-order valence-electron chi connectivity index (χ4n) is 2.10. The second-order valence-corrected chi connectivity index (χ2v) is 6.72. The topological polar surface area (TPSA) is 26.3 Å². The molecule has 0 saturated carbocycles. The third-order valence-electron chi connectivity index (χ3n) is 3.32.